The summed E-state index contributed by atoms with van der Waals surface area (Å²) in [7, 11) is 1.81. The Morgan fingerprint density at radius 2 is 2.07 bits per heavy atom. The van der Waals surface area contributed by atoms with Crippen LogP contribution in [0.15, 0.2) is 12.4 Å². The lowest BCUT2D eigenvalue weighted by Gasteiger charge is -2.39. The molecule has 2 amide bonds. The van der Waals surface area contributed by atoms with E-state index in [1.807, 2.05) is 16.8 Å². The Kier molecular flexibility index (Phi) is 6.84. The third kappa shape index (κ3) is 5.29. The Bertz CT molecular complexity index is 641. The predicted molar refractivity (Wildman–Crippen MR) is 101 cm³/mol. The van der Waals surface area contributed by atoms with Crippen molar-refractivity contribution in [3.05, 3.63) is 18.0 Å². The van der Waals surface area contributed by atoms with Crippen molar-refractivity contribution in [1.82, 2.24) is 24.5 Å². The molecule has 0 aliphatic carbocycles. The van der Waals surface area contributed by atoms with Crippen molar-refractivity contribution in [3.63, 3.8) is 0 Å². The van der Waals surface area contributed by atoms with Crippen molar-refractivity contribution in [2.24, 2.45) is 7.05 Å². The number of ether oxygens (including phenoxy) is 1. The molecule has 2 saturated heterocycles. The number of carbonyl (C=O) groups excluding carboxylic acids is 2. The Morgan fingerprint density at radius 1 is 1.30 bits per heavy atom. The largest absolute Gasteiger partial charge is 0.379 e. The van der Waals surface area contributed by atoms with E-state index in [0.717, 1.165) is 65.2 Å². The molecule has 2 fully saturated rings. The quantitative estimate of drug-likeness (QED) is 0.726. The molecule has 3 rings (SSSR count). The first-order chi connectivity index (χ1) is 13.0. The molecule has 1 aromatic rings. The Labute approximate surface area is 161 Å². The normalized spacial score (nSPS) is 21.3. The van der Waals surface area contributed by atoms with E-state index in [2.05, 4.69) is 10.00 Å². The number of aromatic nitrogens is 2. The Morgan fingerprint density at radius 3 is 2.74 bits per heavy atom. The maximum Gasteiger partial charge on any atom is 0.257 e. The van der Waals surface area contributed by atoms with Crippen LogP contribution < -0.4 is 0 Å². The summed E-state index contributed by atoms with van der Waals surface area (Å²) in [6.07, 6.45) is 6.18. The molecule has 1 atom stereocenters. The zero-order valence-electron chi connectivity index (χ0n) is 16.5. The molecule has 27 heavy (non-hydrogen) atoms. The van der Waals surface area contributed by atoms with Gasteiger partial charge in [-0.05, 0) is 19.3 Å². The van der Waals surface area contributed by atoms with E-state index < -0.39 is 0 Å². The number of piperidine rings is 1. The molecule has 8 nitrogen and oxygen atoms in total. The second-order valence-corrected chi connectivity index (χ2v) is 7.47. The summed E-state index contributed by atoms with van der Waals surface area (Å²) in [5.74, 6) is 0.0993. The van der Waals surface area contributed by atoms with Gasteiger partial charge in [-0.25, -0.2) is 0 Å². The number of carbonyl (C=O) groups is 2. The number of likely N-dealkylation sites (tertiary alicyclic amines) is 1. The van der Waals surface area contributed by atoms with E-state index in [9.17, 15) is 9.59 Å². The van der Waals surface area contributed by atoms with Crippen LogP contribution in [0.2, 0.25) is 0 Å². The number of rotatable bonds is 6. The smallest absolute Gasteiger partial charge is 0.257 e. The highest BCUT2D eigenvalue weighted by Gasteiger charge is 2.30. The summed E-state index contributed by atoms with van der Waals surface area (Å²) in [5, 5.41) is 4.09. The van der Waals surface area contributed by atoms with Crippen molar-refractivity contribution < 1.29 is 14.3 Å². The topological polar surface area (TPSA) is 70.9 Å². The molecule has 1 unspecified atom stereocenters. The van der Waals surface area contributed by atoms with Gasteiger partial charge in [0.2, 0.25) is 5.91 Å². The van der Waals surface area contributed by atoms with Gasteiger partial charge in [-0.15, -0.1) is 0 Å². The Hall–Kier alpha value is -1.93. The van der Waals surface area contributed by atoms with Gasteiger partial charge in [-0.3, -0.25) is 19.2 Å². The molecule has 0 N–H and O–H groups in total. The number of aryl methyl sites for hydroxylation is 1. The number of nitrogens with zero attached hydrogens (tertiary/aromatic N) is 5. The average Bonchev–Trinajstić information content (AvgIpc) is 3.11. The lowest BCUT2D eigenvalue weighted by molar-refractivity contribution is -0.132. The van der Waals surface area contributed by atoms with Crippen LogP contribution in [-0.4, -0.2) is 94.8 Å². The number of hydrogen-bond donors (Lipinski definition) is 0. The van der Waals surface area contributed by atoms with Crippen molar-refractivity contribution in [1.29, 1.82) is 0 Å². The first-order valence-electron chi connectivity index (χ1n) is 9.90. The van der Waals surface area contributed by atoms with Gasteiger partial charge in [0, 0.05) is 65.5 Å². The number of amides is 2. The second kappa shape index (κ2) is 9.32. The van der Waals surface area contributed by atoms with Crippen LogP contribution in [0.5, 0.6) is 0 Å². The number of morpholine rings is 1. The first-order valence-corrected chi connectivity index (χ1v) is 9.90. The van der Waals surface area contributed by atoms with Crippen molar-refractivity contribution in [2.45, 2.75) is 32.2 Å². The van der Waals surface area contributed by atoms with Gasteiger partial charge in [0.15, 0.2) is 0 Å². The monoisotopic (exact) mass is 377 g/mol. The molecular formula is C19H31N5O3. The van der Waals surface area contributed by atoms with Crippen LogP contribution in [0.4, 0.5) is 0 Å². The zero-order chi connectivity index (χ0) is 19.2. The highest BCUT2D eigenvalue weighted by molar-refractivity contribution is 5.93. The van der Waals surface area contributed by atoms with Gasteiger partial charge in [0.1, 0.15) is 0 Å². The summed E-state index contributed by atoms with van der Waals surface area (Å²) < 4.78 is 7.02. The first kappa shape index (κ1) is 19.8. The lowest BCUT2D eigenvalue weighted by Crippen LogP contribution is -2.51. The summed E-state index contributed by atoms with van der Waals surface area (Å²) in [6, 6.07) is 0.0987. The zero-order valence-corrected chi connectivity index (χ0v) is 16.5. The molecule has 0 saturated carbocycles. The van der Waals surface area contributed by atoms with Crippen molar-refractivity contribution >= 4 is 11.8 Å². The summed E-state index contributed by atoms with van der Waals surface area (Å²) in [5.41, 5.74) is 0.611. The average molecular weight is 377 g/mol. The van der Waals surface area contributed by atoms with Gasteiger partial charge >= 0.3 is 0 Å². The van der Waals surface area contributed by atoms with Crippen molar-refractivity contribution in [3.8, 4) is 0 Å². The SMILES string of the molecule is CC(=O)N(CCCN1CCOCC1)C1CCCN(C(=O)c2cnn(C)c2)C1. The fourth-order valence-electron chi connectivity index (χ4n) is 3.99. The lowest BCUT2D eigenvalue weighted by atomic mass is 10.0. The van der Waals surface area contributed by atoms with E-state index in [1.54, 1.807) is 24.0 Å². The third-order valence-corrected chi connectivity index (χ3v) is 5.46. The van der Waals surface area contributed by atoms with Crippen LogP contribution in [0.25, 0.3) is 0 Å². The highest BCUT2D eigenvalue weighted by Crippen LogP contribution is 2.19. The van der Waals surface area contributed by atoms with Gasteiger partial charge in [-0.1, -0.05) is 0 Å². The fraction of sp³-hybridized carbons (Fsp3) is 0.737. The minimum Gasteiger partial charge on any atom is -0.379 e. The number of hydrogen-bond acceptors (Lipinski definition) is 5. The van der Waals surface area contributed by atoms with E-state index in [4.69, 9.17) is 4.74 Å². The second-order valence-electron chi connectivity index (χ2n) is 7.47. The maximum atomic E-state index is 12.7. The molecule has 3 heterocycles. The molecular weight excluding hydrogens is 346 g/mol. The van der Waals surface area contributed by atoms with E-state index in [0.29, 0.717) is 12.1 Å². The molecule has 0 aromatic carbocycles. The van der Waals surface area contributed by atoms with Gasteiger partial charge in [0.25, 0.3) is 5.91 Å². The van der Waals surface area contributed by atoms with Gasteiger partial charge < -0.3 is 14.5 Å². The minimum atomic E-state index is 0.00428. The maximum absolute atomic E-state index is 12.7. The standard InChI is InChI=1S/C19H31N5O3/c1-16(25)24(8-4-6-22-9-11-27-12-10-22)18-5-3-7-23(15-18)19(26)17-13-20-21(2)14-17/h13-14,18H,3-12,15H2,1-2H3. The molecule has 2 aliphatic heterocycles. The van der Waals surface area contributed by atoms with E-state index >= 15 is 0 Å². The van der Waals surface area contributed by atoms with Crippen LogP contribution in [-0.2, 0) is 16.6 Å². The van der Waals surface area contributed by atoms with Gasteiger partial charge in [0.05, 0.1) is 25.0 Å². The Balaban J connectivity index is 1.54. The summed E-state index contributed by atoms with van der Waals surface area (Å²) in [6.45, 7) is 8.23. The van der Waals surface area contributed by atoms with Crippen LogP contribution >= 0.6 is 0 Å². The molecule has 0 spiro atoms. The van der Waals surface area contributed by atoms with E-state index in [1.165, 1.54) is 0 Å². The minimum absolute atomic E-state index is 0.00428. The third-order valence-electron chi connectivity index (χ3n) is 5.46. The highest BCUT2D eigenvalue weighted by atomic mass is 16.5. The summed E-state index contributed by atoms with van der Waals surface area (Å²) in [4.78, 5) is 31.2. The summed E-state index contributed by atoms with van der Waals surface area (Å²) >= 11 is 0. The van der Waals surface area contributed by atoms with Crippen molar-refractivity contribution in [2.75, 3.05) is 52.5 Å². The van der Waals surface area contributed by atoms with Crippen LogP contribution in [0, 0.1) is 0 Å². The molecule has 1 aromatic heterocycles. The van der Waals surface area contributed by atoms with Gasteiger partial charge in [-0.2, -0.15) is 5.10 Å². The molecule has 8 heteroatoms. The predicted octanol–water partition coefficient (Wildman–Crippen LogP) is 0.596. The fourth-order valence-corrected chi connectivity index (χ4v) is 3.99. The van der Waals surface area contributed by atoms with Crippen LogP contribution in [0.3, 0.4) is 0 Å². The molecule has 2 aliphatic rings. The molecule has 0 bridgehead atoms. The van der Waals surface area contributed by atoms with E-state index in [-0.39, 0.29) is 17.9 Å². The van der Waals surface area contributed by atoms with Crippen LogP contribution in [0.1, 0.15) is 36.5 Å². The molecule has 150 valence electrons. The molecule has 0 radical (unpaired) electrons.